The van der Waals surface area contributed by atoms with E-state index in [1.807, 2.05) is 0 Å². The highest BCUT2D eigenvalue weighted by Gasteiger charge is 2.43. The molecule has 0 radical (unpaired) electrons. The first kappa shape index (κ1) is 25.4. The number of hydrogen-bond donors (Lipinski definition) is 2. The summed E-state index contributed by atoms with van der Waals surface area (Å²) in [5.74, 6) is -1.93. The number of anilines is 1. The van der Waals surface area contributed by atoms with E-state index in [9.17, 15) is 19.5 Å². The molecule has 1 aliphatic heterocycles. The van der Waals surface area contributed by atoms with E-state index < -0.39 is 23.8 Å². The number of aromatic nitrogens is 2. The fourth-order valence-corrected chi connectivity index (χ4v) is 4.03. The van der Waals surface area contributed by atoms with E-state index in [0.717, 1.165) is 0 Å². The summed E-state index contributed by atoms with van der Waals surface area (Å²) in [6.45, 7) is 0.0150. The van der Waals surface area contributed by atoms with Gasteiger partial charge in [-0.3, -0.25) is 23.8 Å². The van der Waals surface area contributed by atoms with E-state index in [-0.39, 0.29) is 29.9 Å². The van der Waals surface area contributed by atoms with E-state index in [1.165, 1.54) is 40.9 Å². The third-order valence-electron chi connectivity index (χ3n) is 5.79. The number of benzene rings is 2. The van der Waals surface area contributed by atoms with Crippen LogP contribution in [0.25, 0.3) is 0 Å². The molecule has 190 valence electrons. The molecule has 0 bridgehead atoms. The van der Waals surface area contributed by atoms with Crippen molar-refractivity contribution >= 4 is 52.5 Å². The van der Waals surface area contributed by atoms with E-state index in [2.05, 4.69) is 15.6 Å². The summed E-state index contributed by atoms with van der Waals surface area (Å²) in [7, 11) is 3.13. The molecule has 0 saturated carbocycles. The zero-order valence-corrected chi connectivity index (χ0v) is 20.8. The van der Waals surface area contributed by atoms with Crippen molar-refractivity contribution in [3.05, 3.63) is 71.4 Å². The summed E-state index contributed by atoms with van der Waals surface area (Å²) >= 11 is 5.46. The fraction of sp³-hybridized carbons (Fsp3) is 0.208. The van der Waals surface area contributed by atoms with Gasteiger partial charge in [-0.1, -0.05) is 30.3 Å². The molecule has 2 heterocycles. The van der Waals surface area contributed by atoms with Crippen LogP contribution in [0.1, 0.15) is 28.0 Å². The molecule has 1 unspecified atom stereocenters. The van der Waals surface area contributed by atoms with Crippen molar-refractivity contribution in [2.75, 3.05) is 12.4 Å². The normalized spacial score (nSPS) is 15.8. The quantitative estimate of drug-likeness (QED) is 0.181. The Bertz CT molecular complexity index is 1390. The van der Waals surface area contributed by atoms with E-state index in [1.54, 1.807) is 42.3 Å². The van der Waals surface area contributed by atoms with Crippen LogP contribution in [-0.4, -0.2) is 56.9 Å². The third kappa shape index (κ3) is 5.46. The van der Waals surface area contributed by atoms with Crippen molar-refractivity contribution in [1.29, 1.82) is 0 Å². The Kier molecular flexibility index (Phi) is 7.25. The molecule has 1 aliphatic rings. The molecule has 3 amide bonds. The first-order valence-corrected chi connectivity index (χ1v) is 11.5. The van der Waals surface area contributed by atoms with Gasteiger partial charge in [0.1, 0.15) is 12.6 Å². The monoisotopic (exact) mass is 521 g/mol. The molecule has 0 spiro atoms. The van der Waals surface area contributed by atoms with Gasteiger partial charge in [-0.05, 0) is 52.6 Å². The number of nitrogens with one attached hydrogen (secondary N) is 1. The van der Waals surface area contributed by atoms with Crippen LogP contribution in [0.3, 0.4) is 0 Å². The summed E-state index contributed by atoms with van der Waals surface area (Å²) in [6.07, 6.45) is -0.203. The van der Waals surface area contributed by atoms with Gasteiger partial charge in [0, 0.05) is 18.3 Å². The molecule has 0 aliphatic carbocycles. The molecule has 1 aromatic heterocycles. The van der Waals surface area contributed by atoms with Crippen molar-refractivity contribution in [3.8, 4) is 0 Å². The topological polar surface area (TPSA) is 161 Å². The second kappa shape index (κ2) is 10.5. The second-order valence-corrected chi connectivity index (χ2v) is 8.61. The van der Waals surface area contributed by atoms with Crippen LogP contribution in [-0.2, 0) is 23.2 Å². The predicted octanol–water partition coefficient (Wildman–Crippen LogP) is -0.00710. The molecular weight excluding hydrogens is 498 g/mol. The molecule has 4 rings (SSSR count). The highest BCUT2D eigenvalue weighted by atomic mass is 32.1. The average Bonchev–Trinajstić information content (AvgIpc) is 3.32. The van der Waals surface area contributed by atoms with Gasteiger partial charge in [0.05, 0.1) is 6.42 Å². The highest BCUT2D eigenvalue weighted by Crippen LogP contribution is 2.25. The molecule has 3 N–H and O–H groups in total. The van der Waals surface area contributed by atoms with E-state index in [0.29, 0.717) is 22.5 Å². The number of carbonyl (C=O) groups excluding carboxylic acids is 3. The lowest BCUT2D eigenvalue weighted by molar-refractivity contribution is -0.746. The number of nitrogens with zero attached hydrogens (tertiary/aromatic N) is 5. The minimum absolute atomic E-state index is 0.0150. The molecule has 37 heavy (non-hydrogen) atoms. The first-order chi connectivity index (χ1) is 17.7. The van der Waals surface area contributed by atoms with Crippen LogP contribution in [0.4, 0.5) is 11.6 Å². The molecular formula is C24H23N7O5S. The van der Waals surface area contributed by atoms with Crippen molar-refractivity contribution in [1.82, 2.24) is 15.1 Å². The van der Waals surface area contributed by atoms with Crippen molar-refractivity contribution in [2.24, 2.45) is 17.8 Å². The van der Waals surface area contributed by atoms with Crippen LogP contribution < -0.4 is 20.8 Å². The number of carbonyl (C=O) groups is 3. The Labute approximate surface area is 216 Å². The van der Waals surface area contributed by atoms with Gasteiger partial charge in [0.25, 0.3) is 11.6 Å². The van der Waals surface area contributed by atoms with Crippen LogP contribution in [0.5, 0.6) is 0 Å². The lowest BCUT2D eigenvalue weighted by Gasteiger charge is -2.21. The van der Waals surface area contributed by atoms with Crippen LogP contribution in [0.15, 0.2) is 64.1 Å². The molecule has 2 aromatic carbocycles. The van der Waals surface area contributed by atoms with Gasteiger partial charge >= 0.3 is 5.88 Å². The molecule has 1 atom stereocenters. The molecule has 3 aromatic rings. The summed E-state index contributed by atoms with van der Waals surface area (Å²) in [5.41, 5.74) is 6.74. The van der Waals surface area contributed by atoms with Crippen molar-refractivity contribution < 1.29 is 28.7 Å². The number of aryl methyl sites for hydroxylation is 1. The first-order valence-electron chi connectivity index (χ1n) is 11.1. The number of rotatable bonds is 8. The van der Waals surface area contributed by atoms with E-state index >= 15 is 0 Å². The van der Waals surface area contributed by atoms with Gasteiger partial charge in [0.2, 0.25) is 17.1 Å². The van der Waals surface area contributed by atoms with Gasteiger partial charge in [-0.25, -0.2) is 4.99 Å². The molecule has 1 fully saturated rings. The maximum atomic E-state index is 12.9. The predicted molar refractivity (Wildman–Crippen MR) is 133 cm³/mol. The number of aliphatic imine (C=N–C) groups is 1. The Morgan fingerprint density at radius 2 is 1.86 bits per heavy atom. The number of thiocarbonyl (C=S) groups is 1. The Balaban J connectivity index is 1.54. The minimum Gasteiger partial charge on any atom is -0.858 e. The Morgan fingerprint density at radius 1 is 1.19 bits per heavy atom. The van der Waals surface area contributed by atoms with Crippen molar-refractivity contribution in [3.63, 3.8) is 0 Å². The maximum absolute atomic E-state index is 12.9. The summed E-state index contributed by atoms with van der Waals surface area (Å²) in [5, 5.41) is 19.3. The Hall–Kier alpha value is -4.65. The number of hydrogen-bond acceptors (Lipinski definition) is 8. The van der Waals surface area contributed by atoms with Crippen molar-refractivity contribution in [2.45, 2.75) is 19.0 Å². The SMILES string of the molecule is CN1C(=O)C(CC(=O)Nc2ccc(C(N)=O)cc2)N(Cc2c(/N=C(\[O-])c3ccccc3)on[n+]2C)C1=S. The third-order valence-corrected chi connectivity index (χ3v) is 6.30. The lowest BCUT2D eigenvalue weighted by atomic mass is 10.1. The molecule has 13 heteroatoms. The lowest BCUT2D eigenvalue weighted by Crippen LogP contribution is -2.42. The summed E-state index contributed by atoms with van der Waals surface area (Å²) in [4.78, 5) is 43.9. The number of primary amides is 1. The summed E-state index contributed by atoms with van der Waals surface area (Å²) < 4.78 is 6.64. The maximum Gasteiger partial charge on any atom is 0.325 e. The highest BCUT2D eigenvalue weighted by molar-refractivity contribution is 7.80. The second-order valence-electron chi connectivity index (χ2n) is 8.25. The number of nitrogens with two attached hydrogens (primary N) is 1. The van der Waals surface area contributed by atoms with Gasteiger partial charge < -0.3 is 21.1 Å². The largest absolute Gasteiger partial charge is 0.858 e. The average molecular weight is 522 g/mol. The number of amides is 3. The van der Waals surface area contributed by atoms with E-state index in [4.69, 9.17) is 22.5 Å². The van der Waals surface area contributed by atoms with Gasteiger partial charge in [-0.15, -0.1) is 0 Å². The Morgan fingerprint density at radius 3 is 2.51 bits per heavy atom. The van der Waals surface area contributed by atoms with Crippen LogP contribution >= 0.6 is 12.2 Å². The number of likely N-dealkylation sites (N-methyl/N-ethyl adjacent to an activating group) is 1. The fourth-order valence-electron chi connectivity index (χ4n) is 3.75. The van der Waals surface area contributed by atoms with Gasteiger partial charge in [0.15, 0.2) is 12.2 Å². The smallest absolute Gasteiger partial charge is 0.325 e. The molecule has 1 saturated heterocycles. The summed E-state index contributed by atoms with van der Waals surface area (Å²) in [6, 6.07) is 13.6. The van der Waals surface area contributed by atoms with Gasteiger partial charge in [-0.2, -0.15) is 0 Å². The zero-order valence-electron chi connectivity index (χ0n) is 20.0. The zero-order chi connectivity index (χ0) is 26.7. The van der Waals surface area contributed by atoms with Crippen LogP contribution in [0, 0.1) is 0 Å². The van der Waals surface area contributed by atoms with Crippen LogP contribution in [0.2, 0.25) is 0 Å². The standard InChI is InChI=1S/C24H23N7O5S/c1-29-23(35)17(12-19(32)26-16-10-8-14(9-11-16)20(25)33)31(24(29)37)13-18-22(36-28-30(18)2)27-21(34)15-6-4-3-5-7-15/h3-11,17H,12-13H2,1-2H3,(H3-,25,26,27,28,32,33,34). The molecule has 12 nitrogen and oxygen atoms in total. The minimum atomic E-state index is -0.907.